The smallest absolute Gasteiger partial charge is 0.267 e. The maximum absolute atomic E-state index is 12.9. The monoisotopic (exact) mass is 460 g/mol. The molecule has 0 saturated carbocycles. The van der Waals surface area contributed by atoms with Gasteiger partial charge in [0, 0.05) is 12.2 Å². The van der Waals surface area contributed by atoms with Crippen molar-refractivity contribution in [3.63, 3.8) is 0 Å². The number of amides is 2. The highest BCUT2D eigenvalue weighted by Gasteiger charge is 2.31. The van der Waals surface area contributed by atoms with Crippen LogP contribution in [0.1, 0.15) is 18.9 Å². The molecule has 1 aliphatic heterocycles. The van der Waals surface area contributed by atoms with Crippen molar-refractivity contribution in [1.29, 1.82) is 0 Å². The topological polar surface area (TPSA) is 77.1 Å². The predicted molar refractivity (Wildman–Crippen MR) is 131 cm³/mol. The molecule has 7 heteroatoms. The minimum absolute atomic E-state index is 0.0939. The molecule has 4 rings (SSSR count). The number of ether oxygens (including phenoxy) is 3. The number of rotatable bonds is 9. The third-order valence-electron chi connectivity index (χ3n) is 5.57. The van der Waals surface area contributed by atoms with Crippen molar-refractivity contribution < 1.29 is 23.8 Å². The van der Waals surface area contributed by atoms with E-state index >= 15 is 0 Å². The second-order valence-corrected chi connectivity index (χ2v) is 8.01. The van der Waals surface area contributed by atoms with Crippen LogP contribution in [-0.2, 0) is 16.0 Å². The molecule has 1 aliphatic rings. The fourth-order valence-corrected chi connectivity index (χ4v) is 3.88. The molecule has 1 heterocycles. The number of carbonyl (C=O) groups is 2. The third kappa shape index (κ3) is 5.49. The minimum atomic E-state index is -0.557. The van der Waals surface area contributed by atoms with E-state index in [0.29, 0.717) is 35.2 Å². The zero-order valence-corrected chi connectivity index (χ0v) is 19.3. The molecule has 0 fully saturated rings. The first kappa shape index (κ1) is 23.2. The van der Waals surface area contributed by atoms with Gasteiger partial charge in [-0.2, -0.15) is 0 Å². The van der Waals surface area contributed by atoms with Crippen molar-refractivity contribution in [3.05, 3.63) is 78.4 Å². The van der Waals surface area contributed by atoms with Gasteiger partial charge < -0.3 is 24.4 Å². The number of aryl methyl sites for hydroxylation is 1. The molecule has 2 amide bonds. The summed E-state index contributed by atoms with van der Waals surface area (Å²) < 4.78 is 16.6. The van der Waals surface area contributed by atoms with Gasteiger partial charge in [0.1, 0.15) is 5.75 Å². The van der Waals surface area contributed by atoms with Crippen LogP contribution in [0.4, 0.5) is 11.4 Å². The van der Waals surface area contributed by atoms with Crippen LogP contribution < -0.4 is 24.4 Å². The fraction of sp³-hybridized carbons (Fsp3) is 0.259. The standard InChI is InChI=1S/C27H28N2O5/c1-19-27(31)29(16-8-11-20-9-4-3-5-10-20)22-17-21(14-15-23(22)34-19)28-26(30)18-33-25-13-7-6-12-24(25)32-2/h3-7,9-10,12-15,17,19H,8,11,16,18H2,1-2H3,(H,28,30). The van der Waals surface area contributed by atoms with Crippen molar-refractivity contribution in [2.75, 3.05) is 30.5 Å². The highest BCUT2D eigenvalue weighted by molar-refractivity contribution is 6.01. The van der Waals surface area contributed by atoms with Crippen LogP contribution in [0.5, 0.6) is 17.2 Å². The van der Waals surface area contributed by atoms with Gasteiger partial charge in [0.05, 0.1) is 12.8 Å². The number of benzene rings is 3. The summed E-state index contributed by atoms with van der Waals surface area (Å²) in [4.78, 5) is 27.1. The molecule has 176 valence electrons. The molecule has 3 aromatic carbocycles. The predicted octanol–water partition coefficient (Wildman–Crippen LogP) is 4.46. The Kier molecular flexibility index (Phi) is 7.32. The highest BCUT2D eigenvalue weighted by Crippen LogP contribution is 2.36. The normalized spacial score (nSPS) is 14.7. The summed E-state index contributed by atoms with van der Waals surface area (Å²) in [6.45, 7) is 2.13. The molecule has 3 aromatic rings. The summed E-state index contributed by atoms with van der Waals surface area (Å²) in [5.41, 5.74) is 2.44. The number of hydrogen-bond donors (Lipinski definition) is 1. The Bertz CT molecular complexity index is 1150. The van der Waals surface area contributed by atoms with Gasteiger partial charge in [-0.3, -0.25) is 9.59 Å². The van der Waals surface area contributed by atoms with Crippen LogP contribution in [0.25, 0.3) is 0 Å². The molecule has 0 aliphatic carbocycles. The lowest BCUT2D eigenvalue weighted by molar-refractivity contribution is -0.125. The van der Waals surface area contributed by atoms with Crippen LogP contribution in [0.2, 0.25) is 0 Å². The van der Waals surface area contributed by atoms with Crippen molar-refractivity contribution in [2.45, 2.75) is 25.9 Å². The molecular weight excluding hydrogens is 432 g/mol. The molecule has 0 radical (unpaired) electrons. The fourth-order valence-electron chi connectivity index (χ4n) is 3.88. The van der Waals surface area contributed by atoms with Gasteiger partial charge in [0.25, 0.3) is 11.8 Å². The Balaban J connectivity index is 1.42. The number of para-hydroxylation sites is 2. The molecular formula is C27H28N2O5. The molecule has 0 spiro atoms. The summed E-state index contributed by atoms with van der Waals surface area (Å²) in [5, 5.41) is 2.83. The molecule has 0 saturated heterocycles. The van der Waals surface area contributed by atoms with Crippen LogP contribution in [0, 0.1) is 0 Å². The first-order valence-electron chi connectivity index (χ1n) is 11.3. The van der Waals surface area contributed by atoms with E-state index in [9.17, 15) is 9.59 Å². The average Bonchev–Trinajstić information content (AvgIpc) is 2.86. The van der Waals surface area contributed by atoms with Gasteiger partial charge >= 0.3 is 0 Å². The van der Waals surface area contributed by atoms with Gasteiger partial charge in [-0.15, -0.1) is 0 Å². The molecule has 0 aromatic heterocycles. The summed E-state index contributed by atoms with van der Waals surface area (Å²) in [5.74, 6) is 1.25. The third-order valence-corrected chi connectivity index (χ3v) is 5.57. The molecule has 1 N–H and O–H groups in total. The lowest BCUT2D eigenvalue weighted by Crippen LogP contribution is -2.45. The number of nitrogens with one attached hydrogen (secondary N) is 1. The van der Waals surface area contributed by atoms with Crippen molar-refractivity contribution >= 4 is 23.2 Å². The lowest BCUT2D eigenvalue weighted by atomic mass is 10.1. The number of methoxy groups -OCH3 is 1. The maximum atomic E-state index is 12.9. The SMILES string of the molecule is COc1ccccc1OCC(=O)Nc1ccc2c(c1)N(CCCc1ccccc1)C(=O)C(C)O2. The van der Waals surface area contributed by atoms with Crippen LogP contribution in [-0.4, -0.2) is 38.2 Å². The second-order valence-electron chi connectivity index (χ2n) is 8.01. The molecule has 1 atom stereocenters. The minimum Gasteiger partial charge on any atom is -0.493 e. The number of nitrogens with zero attached hydrogens (tertiary/aromatic N) is 1. The Morgan fingerprint density at radius 3 is 2.53 bits per heavy atom. The van der Waals surface area contributed by atoms with E-state index in [1.165, 1.54) is 5.56 Å². The van der Waals surface area contributed by atoms with Crippen LogP contribution >= 0.6 is 0 Å². The average molecular weight is 461 g/mol. The number of hydrogen-bond acceptors (Lipinski definition) is 5. The number of anilines is 2. The van der Waals surface area contributed by atoms with Crippen molar-refractivity contribution in [1.82, 2.24) is 0 Å². The van der Waals surface area contributed by atoms with Gasteiger partial charge in [-0.25, -0.2) is 0 Å². The summed E-state index contributed by atoms with van der Waals surface area (Å²) >= 11 is 0. The van der Waals surface area contributed by atoms with Crippen LogP contribution in [0.3, 0.4) is 0 Å². The number of fused-ring (bicyclic) bond motifs is 1. The lowest BCUT2D eigenvalue weighted by Gasteiger charge is -2.33. The van der Waals surface area contributed by atoms with Crippen molar-refractivity contribution in [3.8, 4) is 17.2 Å². The second kappa shape index (κ2) is 10.7. The zero-order valence-electron chi connectivity index (χ0n) is 19.3. The van der Waals surface area contributed by atoms with E-state index in [2.05, 4.69) is 17.4 Å². The summed E-state index contributed by atoms with van der Waals surface area (Å²) in [6, 6.07) is 22.6. The number of carbonyl (C=O) groups excluding carboxylic acids is 2. The van der Waals surface area contributed by atoms with E-state index in [-0.39, 0.29) is 18.4 Å². The van der Waals surface area contributed by atoms with E-state index in [1.54, 1.807) is 49.3 Å². The maximum Gasteiger partial charge on any atom is 0.267 e. The van der Waals surface area contributed by atoms with E-state index in [0.717, 1.165) is 12.8 Å². The first-order chi connectivity index (χ1) is 16.5. The largest absolute Gasteiger partial charge is 0.493 e. The first-order valence-corrected chi connectivity index (χ1v) is 11.3. The highest BCUT2D eigenvalue weighted by atomic mass is 16.5. The van der Waals surface area contributed by atoms with Gasteiger partial charge in [-0.05, 0) is 55.7 Å². The zero-order chi connectivity index (χ0) is 23.9. The van der Waals surface area contributed by atoms with Gasteiger partial charge in [0.15, 0.2) is 24.2 Å². The molecule has 0 bridgehead atoms. The Morgan fingerprint density at radius 2 is 1.76 bits per heavy atom. The molecule has 7 nitrogen and oxygen atoms in total. The van der Waals surface area contributed by atoms with Crippen molar-refractivity contribution in [2.24, 2.45) is 0 Å². The molecule has 34 heavy (non-hydrogen) atoms. The Morgan fingerprint density at radius 1 is 1.03 bits per heavy atom. The van der Waals surface area contributed by atoms with Gasteiger partial charge in [-0.1, -0.05) is 42.5 Å². The quantitative estimate of drug-likeness (QED) is 0.510. The van der Waals surface area contributed by atoms with E-state index < -0.39 is 6.10 Å². The Labute approximate surface area is 199 Å². The molecule has 1 unspecified atom stereocenters. The Hall–Kier alpha value is -4.00. The summed E-state index contributed by atoms with van der Waals surface area (Å²) in [7, 11) is 1.55. The van der Waals surface area contributed by atoms with Gasteiger partial charge in [0.2, 0.25) is 0 Å². The van der Waals surface area contributed by atoms with E-state index in [4.69, 9.17) is 14.2 Å². The van der Waals surface area contributed by atoms with Crippen LogP contribution in [0.15, 0.2) is 72.8 Å². The summed E-state index contributed by atoms with van der Waals surface area (Å²) in [6.07, 6.45) is 1.12. The van der Waals surface area contributed by atoms with E-state index in [1.807, 2.05) is 30.3 Å².